The van der Waals surface area contributed by atoms with E-state index in [4.69, 9.17) is 4.74 Å². The Morgan fingerprint density at radius 2 is 1.71 bits per heavy atom. The van der Waals surface area contributed by atoms with Crippen LogP contribution in [0.2, 0.25) is 0 Å². The summed E-state index contributed by atoms with van der Waals surface area (Å²) in [5, 5.41) is 7.83. The van der Waals surface area contributed by atoms with Gasteiger partial charge in [0, 0.05) is 17.8 Å². The lowest BCUT2D eigenvalue weighted by atomic mass is 10.1. The number of nitrogens with one attached hydrogen (secondary N) is 3. The predicted molar refractivity (Wildman–Crippen MR) is 91.9 cm³/mol. The predicted octanol–water partition coefficient (Wildman–Crippen LogP) is 2.29. The molecule has 7 heteroatoms. The fraction of sp³-hybridized carbons (Fsp3) is 0.471. The summed E-state index contributed by atoms with van der Waals surface area (Å²) in [6, 6.07) is 5.68. The summed E-state index contributed by atoms with van der Waals surface area (Å²) >= 11 is 0. The van der Waals surface area contributed by atoms with Crippen molar-refractivity contribution in [3.8, 4) is 0 Å². The molecule has 0 aliphatic rings. The normalized spacial score (nSPS) is 12.0. The number of anilines is 1. The Morgan fingerprint density at radius 1 is 1.12 bits per heavy atom. The van der Waals surface area contributed by atoms with Gasteiger partial charge in [-0.15, -0.1) is 0 Å². The smallest absolute Gasteiger partial charge is 0.412 e. The molecule has 3 N–H and O–H groups in total. The van der Waals surface area contributed by atoms with Crippen molar-refractivity contribution in [2.24, 2.45) is 0 Å². The number of carbonyl (C=O) groups excluding carboxylic acids is 3. The van der Waals surface area contributed by atoms with Crippen molar-refractivity contribution in [3.05, 3.63) is 29.8 Å². The summed E-state index contributed by atoms with van der Waals surface area (Å²) in [5.74, 6) is -0.605. The third-order valence-corrected chi connectivity index (χ3v) is 2.88. The number of hydrogen-bond acceptors (Lipinski definition) is 4. The largest absolute Gasteiger partial charge is 0.444 e. The van der Waals surface area contributed by atoms with Crippen molar-refractivity contribution in [2.45, 2.75) is 46.3 Å². The van der Waals surface area contributed by atoms with Gasteiger partial charge in [-0.25, -0.2) is 4.79 Å². The summed E-state index contributed by atoms with van der Waals surface area (Å²) in [5.41, 5.74) is 0.317. The molecule has 0 saturated carbocycles. The molecule has 1 atom stereocenters. The van der Waals surface area contributed by atoms with Gasteiger partial charge < -0.3 is 15.4 Å². The molecule has 0 saturated heterocycles. The van der Waals surface area contributed by atoms with Crippen LogP contribution in [0.3, 0.4) is 0 Å². The number of amides is 3. The number of carbonyl (C=O) groups is 3. The first-order chi connectivity index (χ1) is 11.1. The second-order valence-corrected chi connectivity index (χ2v) is 6.29. The van der Waals surface area contributed by atoms with Crippen molar-refractivity contribution in [3.63, 3.8) is 0 Å². The highest BCUT2D eigenvalue weighted by molar-refractivity contribution is 5.98. The lowest BCUT2D eigenvalue weighted by Gasteiger charge is -2.19. The zero-order chi connectivity index (χ0) is 18.3. The van der Waals surface area contributed by atoms with E-state index in [9.17, 15) is 14.4 Å². The minimum atomic E-state index is -0.628. The van der Waals surface area contributed by atoms with Crippen LogP contribution in [0.4, 0.5) is 10.5 Å². The first-order valence-corrected chi connectivity index (χ1v) is 7.81. The Hall–Kier alpha value is -2.57. The van der Waals surface area contributed by atoms with E-state index < -0.39 is 17.7 Å². The summed E-state index contributed by atoms with van der Waals surface area (Å²) in [7, 11) is 0. The molecule has 3 amide bonds. The van der Waals surface area contributed by atoms with Crippen molar-refractivity contribution < 1.29 is 19.1 Å². The van der Waals surface area contributed by atoms with Crippen LogP contribution in [-0.2, 0) is 9.53 Å². The molecule has 1 aromatic carbocycles. The third kappa shape index (κ3) is 6.68. The highest BCUT2D eigenvalue weighted by Crippen LogP contribution is 2.13. The highest BCUT2D eigenvalue weighted by atomic mass is 16.6. The molecule has 1 aromatic rings. The molecule has 0 bridgehead atoms. The van der Waals surface area contributed by atoms with Crippen molar-refractivity contribution in [1.82, 2.24) is 10.6 Å². The molecule has 132 valence electrons. The van der Waals surface area contributed by atoms with Gasteiger partial charge in [0.1, 0.15) is 11.6 Å². The molecule has 0 unspecified atom stereocenters. The molecule has 0 fully saturated rings. The minimum absolute atomic E-state index is 0.242. The average molecular weight is 335 g/mol. The van der Waals surface area contributed by atoms with E-state index in [1.54, 1.807) is 52.0 Å². The standard InChI is InChI=1S/C17H25N3O4/c1-6-18-14(21)11(2)19-15(22)12-7-9-13(10-8-12)20-16(23)24-17(3,4)5/h7-11H,6H2,1-5H3,(H,18,21)(H,19,22)(H,20,23)/t11-/m1/s1. The monoisotopic (exact) mass is 335 g/mol. The van der Waals surface area contributed by atoms with E-state index in [0.717, 1.165) is 0 Å². The lowest BCUT2D eigenvalue weighted by molar-refractivity contribution is -0.122. The van der Waals surface area contributed by atoms with Crippen molar-refractivity contribution in [2.75, 3.05) is 11.9 Å². The molecule has 0 aromatic heterocycles. The van der Waals surface area contributed by atoms with Crippen molar-refractivity contribution >= 4 is 23.6 Å². The second kappa shape index (κ2) is 8.33. The van der Waals surface area contributed by atoms with Crippen LogP contribution in [0.5, 0.6) is 0 Å². The van der Waals surface area contributed by atoms with E-state index >= 15 is 0 Å². The average Bonchev–Trinajstić information content (AvgIpc) is 2.46. The summed E-state index contributed by atoms with van der Waals surface area (Å²) in [6.07, 6.45) is -0.565. The number of rotatable bonds is 5. The molecule has 0 heterocycles. The fourth-order valence-electron chi connectivity index (χ4n) is 1.80. The van der Waals surface area contributed by atoms with Crippen LogP contribution in [0.15, 0.2) is 24.3 Å². The maximum atomic E-state index is 12.1. The molecule has 0 aliphatic carbocycles. The zero-order valence-electron chi connectivity index (χ0n) is 14.7. The SMILES string of the molecule is CCNC(=O)[C@@H](C)NC(=O)c1ccc(NC(=O)OC(C)(C)C)cc1. The van der Waals surface area contributed by atoms with Gasteiger partial charge in [0.15, 0.2) is 0 Å². The van der Waals surface area contributed by atoms with Crippen molar-refractivity contribution in [1.29, 1.82) is 0 Å². The number of likely N-dealkylation sites (N-methyl/N-ethyl adjacent to an activating group) is 1. The third-order valence-electron chi connectivity index (χ3n) is 2.88. The maximum Gasteiger partial charge on any atom is 0.412 e. The molecule has 0 aliphatic heterocycles. The van der Waals surface area contributed by atoms with Crippen LogP contribution in [-0.4, -0.2) is 36.1 Å². The first kappa shape index (κ1) is 19.5. The fourth-order valence-corrected chi connectivity index (χ4v) is 1.80. The Bertz CT molecular complexity index is 591. The first-order valence-electron chi connectivity index (χ1n) is 7.81. The zero-order valence-corrected chi connectivity index (χ0v) is 14.7. The highest BCUT2D eigenvalue weighted by Gasteiger charge is 2.17. The number of ether oxygens (including phenoxy) is 1. The quantitative estimate of drug-likeness (QED) is 0.769. The van der Waals surface area contributed by atoms with E-state index in [1.807, 2.05) is 6.92 Å². The van der Waals surface area contributed by atoms with Gasteiger partial charge in [-0.05, 0) is 58.9 Å². The van der Waals surface area contributed by atoms with Gasteiger partial charge in [-0.2, -0.15) is 0 Å². The van der Waals surface area contributed by atoms with Gasteiger partial charge in [-0.1, -0.05) is 0 Å². The lowest BCUT2D eigenvalue weighted by Crippen LogP contribution is -2.44. The summed E-state index contributed by atoms with van der Waals surface area (Å²) in [4.78, 5) is 35.4. The van der Waals surface area contributed by atoms with E-state index in [1.165, 1.54) is 0 Å². The van der Waals surface area contributed by atoms with Crippen LogP contribution >= 0.6 is 0 Å². The topological polar surface area (TPSA) is 96.5 Å². The molecular formula is C17H25N3O4. The number of benzene rings is 1. The Morgan fingerprint density at radius 3 is 2.21 bits per heavy atom. The van der Waals surface area contributed by atoms with Crippen LogP contribution < -0.4 is 16.0 Å². The van der Waals surface area contributed by atoms with Crippen LogP contribution in [0.1, 0.15) is 45.0 Å². The van der Waals surface area contributed by atoms with Gasteiger partial charge >= 0.3 is 6.09 Å². The van der Waals surface area contributed by atoms with Crippen LogP contribution in [0, 0.1) is 0 Å². The second-order valence-electron chi connectivity index (χ2n) is 6.29. The van der Waals surface area contributed by atoms with E-state index in [2.05, 4.69) is 16.0 Å². The van der Waals surface area contributed by atoms with Gasteiger partial charge in [-0.3, -0.25) is 14.9 Å². The Kier molecular flexibility index (Phi) is 6.76. The molecule has 1 rings (SSSR count). The number of hydrogen-bond donors (Lipinski definition) is 3. The molecular weight excluding hydrogens is 310 g/mol. The minimum Gasteiger partial charge on any atom is -0.444 e. The molecule has 7 nitrogen and oxygen atoms in total. The van der Waals surface area contributed by atoms with Gasteiger partial charge in [0.2, 0.25) is 5.91 Å². The van der Waals surface area contributed by atoms with E-state index in [0.29, 0.717) is 17.8 Å². The van der Waals surface area contributed by atoms with E-state index in [-0.39, 0.29) is 11.8 Å². The Labute approximate surface area is 142 Å². The molecule has 0 spiro atoms. The molecule has 0 radical (unpaired) electrons. The van der Waals surface area contributed by atoms with Gasteiger partial charge in [0.05, 0.1) is 0 Å². The maximum absolute atomic E-state index is 12.1. The van der Waals surface area contributed by atoms with Crippen LogP contribution in [0.25, 0.3) is 0 Å². The Balaban J connectivity index is 2.62. The van der Waals surface area contributed by atoms with Gasteiger partial charge in [0.25, 0.3) is 5.91 Å². The summed E-state index contributed by atoms with van der Waals surface area (Å²) < 4.78 is 5.15. The summed E-state index contributed by atoms with van der Waals surface area (Å²) in [6.45, 7) is 9.25. The molecule has 24 heavy (non-hydrogen) atoms.